The molecule has 7 heteroatoms. The van der Waals surface area contributed by atoms with Crippen LogP contribution in [0.25, 0.3) is 0 Å². The largest absolute Gasteiger partial charge is 0.378 e. The molecule has 1 aliphatic heterocycles. The van der Waals surface area contributed by atoms with Gasteiger partial charge >= 0.3 is 0 Å². The van der Waals surface area contributed by atoms with Gasteiger partial charge in [0.05, 0.1) is 15.5 Å². The van der Waals surface area contributed by atoms with Crippen LogP contribution in [0, 0.1) is 15.9 Å². The molecule has 0 bridgehead atoms. The minimum Gasteiger partial charge on any atom is -0.378 e. The first-order valence-corrected chi connectivity index (χ1v) is 7.47. The van der Waals surface area contributed by atoms with Gasteiger partial charge in [0.15, 0.2) is 0 Å². The Hall–Kier alpha value is -1.21. The van der Waals surface area contributed by atoms with E-state index in [1.165, 1.54) is 25.3 Å². The first kappa shape index (κ1) is 15.2. The van der Waals surface area contributed by atoms with Crippen molar-refractivity contribution in [3.63, 3.8) is 0 Å². The third kappa shape index (κ3) is 3.89. The maximum absolute atomic E-state index is 13.3. The fourth-order valence-corrected chi connectivity index (χ4v) is 2.70. The van der Waals surface area contributed by atoms with Gasteiger partial charge in [-0.1, -0.05) is 6.42 Å². The van der Waals surface area contributed by atoms with Crippen LogP contribution in [0.2, 0.25) is 0 Å². The van der Waals surface area contributed by atoms with E-state index >= 15 is 0 Å². The van der Waals surface area contributed by atoms with E-state index in [-0.39, 0.29) is 10.2 Å². The lowest BCUT2D eigenvalue weighted by Crippen LogP contribution is -2.33. The van der Waals surface area contributed by atoms with E-state index in [9.17, 15) is 14.5 Å². The molecule has 1 aromatic rings. The van der Waals surface area contributed by atoms with Crippen LogP contribution in [0.15, 0.2) is 16.6 Å². The molecule has 0 aromatic heterocycles. The van der Waals surface area contributed by atoms with E-state index in [0.717, 1.165) is 25.7 Å². The van der Waals surface area contributed by atoms with Gasteiger partial charge in [0, 0.05) is 13.1 Å². The van der Waals surface area contributed by atoms with E-state index in [1.54, 1.807) is 0 Å². The quantitative estimate of drug-likeness (QED) is 0.656. The summed E-state index contributed by atoms with van der Waals surface area (Å²) in [4.78, 5) is 12.7. The van der Waals surface area contributed by atoms with Gasteiger partial charge in [-0.25, -0.2) is 4.39 Å². The van der Waals surface area contributed by atoms with Crippen LogP contribution in [0.3, 0.4) is 0 Å². The van der Waals surface area contributed by atoms with E-state index < -0.39 is 10.7 Å². The van der Waals surface area contributed by atoms with Gasteiger partial charge in [0.2, 0.25) is 0 Å². The first-order valence-electron chi connectivity index (χ1n) is 6.67. The second-order valence-electron chi connectivity index (χ2n) is 4.87. The number of anilines is 1. The van der Waals surface area contributed by atoms with Crippen molar-refractivity contribution in [1.82, 2.24) is 4.90 Å². The molecule has 0 saturated carbocycles. The van der Waals surface area contributed by atoms with E-state index in [4.69, 9.17) is 0 Å². The molecule has 0 amide bonds. The summed E-state index contributed by atoms with van der Waals surface area (Å²) in [5.41, 5.74) is 0.115. The Morgan fingerprint density at radius 3 is 2.70 bits per heavy atom. The molecule has 0 radical (unpaired) electrons. The van der Waals surface area contributed by atoms with Gasteiger partial charge in [-0.3, -0.25) is 10.1 Å². The normalized spacial score (nSPS) is 16.1. The van der Waals surface area contributed by atoms with Crippen molar-refractivity contribution in [2.45, 2.75) is 19.3 Å². The van der Waals surface area contributed by atoms with Gasteiger partial charge in [-0.05, 0) is 47.9 Å². The van der Waals surface area contributed by atoms with Gasteiger partial charge in [-0.15, -0.1) is 0 Å². The van der Waals surface area contributed by atoms with Crippen LogP contribution < -0.4 is 5.32 Å². The Morgan fingerprint density at radius 1 is 1.35 bits per heavy atom. The van der Waals surface area contributed by atoms with Crippen molar-refractivity contribution in [1.29, 1.82) is 0 Å². The van der Waals surface area contributed by atoms with Gasteiger partial charge < -0.3 is 10.2 Å². The second-order valence-corrected chi connectivity index (χ2v) is 5.72. The van der Waals surface area contributed by atoms with Gasteiger partial charge in [0.1, 0.15) is 11.5 Å². The highest BCUT2D eigenvalue weighted by Gasteiger charge is 2.17. The van der Waals surface area contributed by atoms with Crippen LogP contribution in [-0.2, 0) is 0 Å². The number of halogens is 2. The average molecular weight is 346 g/mol. The average Bonchev–Trinajstić information content (AvgIpc) is 2.43. The highest BCUT2D eigenvalue weighted by atomic mass is 79.9. The number of nitrogens with zero attached hydrogens (tertiary/aromatic N) is 2. The first-order chi connectivity index (χ1) is 9.58. The molecule has 20 heavy (non-hydrogen) atoms. The molecule has 0 aliphatic carbocycles. The van der Waals surface area contributed by atoms with Crippen molar-refractivity contribution in [3.8, 4) is 0 Å². The predicted octanol–water partition coefficient (Wildman–Crippen LogP) is 3.39. The standard InChI is InChI=1S/C13H17BrFN3O2/c14-10-8-12(13(18(19)20)9-11(10)15)16-4-7-17-5-2-1-3-6-17/h8-9,16H,1-7H2. The molecule has 0 unspecified atom stereocenters. The Kier molecular flexibility index (Phi) is 5.31. The lowest BCUT2D eigenvalue weighted by Gasteiger charge is -2.26. The number of hydrogen-bond acceptors (Lipinski definition) is 4. The molecule has 1 fully saturated rings. The molecular weight excluding hydrogens is 329 g/mol. The number of rotatable bonds is 5. The van der Waals surface area contributed by atoms with Crippen molar-refractivity contribution >= 4 is 27.3 Å². The van der Waals surface area contributed by atoms with Crippen molar-refractivity contribution in [2.24, 2.45) is 0 Å². The van der Waals surface area contributed by atoms with Crippen LogP contribution in [0.5, 0.6) is 0 Å². The lowest BCUT2D eigenvalue weighted by atomic mass is 10.1. The summed E-state index contributed by atoms with van der Waals surface area (Å²) in [6.07, 6.45) is 3.70. The molecule has 110 valence electrons. The number of hydrogen-bond donors (Lipinski definition) is 1. The lowest BCUT2D eigenvalue weighted by molar-refractivity contribution is -0.384. The number of piperidine rings is 1. The summed E-state index contributed by atoms with van der Waals surface area (Å²) in [7, 11) is 0. The smallest absolute Gasteiger partial charge is 0.295 e. The third-order valence-electron chi connectivity index (χ3n) is 3.43. The van der Waals surface area contributed by atoms with Gasteiger partial charge in [-0.2, -0.15) is 0 Å². The van der Waals surface area contributed by atoms with Crippen molar-refractivity contribution in [2.75, 3.05) is 31.5 Å². The summed E-state index contributed by atoms with van der Waals surface area (Å²) in [5.74, 6) is -0.627. The number of likely N-dealkylation sites (tertiary alicyclic amines) is 1. The third-order valence-corrected chi connectivity index (χ3v) is 4.04. The molecular formula is C13H17BrFN3O2. The highest BCUT2D eigenvalue weighted by Crippen LogP contribution is 2.30. The summed E-state index contributed by atoms with van der Waals surface area (Å²) in [6, 6.07) is 2.36. The maximum atomic E-state index is 13.3. The van der Waals surface area contributed by atoms with Crippen LogP contribution >= 0.6 is 15.9 Å². The molecule has 1 aromatic carbocycles. The fourth-order valence-electron chi connectivity index (χ4n) is 2.36. The predicted molar refractivity (Wildman–Crippen MR) is 79.5 cm³/mol. The summed E-state index contributed by atoms with van der Waals surface area (Å²) < 4.78 is 13.6. The summed E-state index contributed by atoms with van der Waals surface area (Å²) >= 11 is 3.05. The molecule has 0 spiro atoms. The maximum Gasteiger partial charge on any atom is 0.295 e. The molecule has 0 atom stereocenters. The SMILES string of the molecule is O=[N+]([O-])c1cc(F)c(Br)cc1NCCN1CCCCC1. The van der Waals surface area contributed by atoms with Crippen LogP contribution in [-0.4, -0.2) is 36.0 Å². The zero-order valence-electron chi connectivity index (χ0n) is 11.1. The van der Waals surface area contributed by atoms with E-state index in [2.05, 4.69) is 26.1 Å². The Labute approximate surface area is 125 Å². The molecule has 1 saturated heterocycles. The number of nitro groups is 1. The molecule has 1 heterocycles. The van der Waals surface area contributed by atoms with Crippen LogP contribution in [0.4, 0.5) is 15.8 Å². The fraction of sp³-hybridized carbons (Fsp3) is 0.538. The van der Waals surface area contributed by atoms with Crippen molar-refractivity contribution < 1.29 is 9.31 Å². The second kappa shape index (κ2) is 6.99. The van der Waals surface area contributed by atoms with Crippen molar-refractivity contribution in [3.05, 3.63) is 32.5 Å². The van der Waals surface area contributed by atoms with Crippen LogP contribution in [0.1, 0.15) is 19.3 Å². The zero-order valence-corrected chi connectivity index (χ0v) is 12.7. The Morgan fingerprint density at radius 2 is 2.05 bits per heavy atom. The van der Waals surface area contributed by atoms with Gasteiger partial charge in [0.25, 0.3) is 5.69 Å². The molecule has 1 aliphatic rings. The minimum atomic E-state index is -0.627. The van der Waals surface area contributed by atoms with E-state index in [0.29, 0.717) is 12.2 Å². The Balaban J connectivity index is 1.97. The van der Waals surface area contributed by atoms with E-state index in [1.807, 2.05) is 0 Å². The molecule has 1 N–H and O–H groups in total. The monoisotopic (exact) mass is 345 g/mol. The summed E-state index contributed by atoms with van der Waals surface area (Å²) in [6.45, 7) is 3.61. The minimum absolute atomic E-state index is 0.226. The number of benzene rings is 1. The highest BCUT2D eigenvalue weighted by molar-refractivity contribution is 9.10. The zero-order chi connectivity index (χ0) is 14.5. The molecule has 2 rings (SSSR count). The number of nitro benzene ring substituents is 1. The Bertz CT molecular complexity index is 493. The topological polar surface area (TPSA) is 58.4 Å². The summed E-state index contributed by atoms with van der Waals surface area (Å²) in [5, 5.41) is 14.0. The number of nitrogens with one attached hydrogen (secondary N) is 1. The molecule has 5 nitrogen and oxygen atoms in total.